The Balaban J connectivity index is 1.86. The van der Waals surface area contributed by atoms with Gasteiger partial charge in [-0.3, -0.25) is 4.90 Å². The van der Waals surface area contributed by atoms with Crippen molar-refractivity contribution in [3.63, 3.8) is 0 Å². The van der Waals surface area contributed by atoms with Gasteiger partial charge in [-0.2, -0.15) is 4.31 Å². The van der Waals surface area contributed by atoms with E-state index in [0.29, 0.717) is 25.6 Å². The van der Waals surface area contributed by atoms with Crippen LogP contribution in [0.15, 0.2) is 0 Å². The molecule has 2 atom stereocenters. The molecule has 2 aliphatic heterocycles. The highest BCUT2D eigenvalue weighted by atomic mass is 32.2. The monoisotopic (exact) mass is 305 g/mol. The zero-order valence-corrected chi connectivity index (χ0v) is 13.4. The van der Waals surface area contributed by atoms with Gasteiger partial charge in [0.1, 0.15) is 0 Å². The average molecular weight is 305 g/mol. The number of nitrogens with one attached hydrogen (secondary N) is 1. The third-order valence-corrected chi connectivity index (χ3v) is 6.24. The van der Waals surface area contributed by atoms with Gasteiger partial charge < -0.3 is 10.1 Å². The molecule has 0 aromatic rings. The van der Waals surface area contributed by atoms with Gasteiger partial charge in [0, 0.05) is 52.9 Å². The van der Waals surface area contributed by atoms with E-state index in [1.165, 1.54) is 0 Å². The van der Waals surface area contributed by atoms with Crippen molar-refractivity contribution in [2.45, 2.75) is 19.4 Å². The molecule has 6 nitrogen and oxygen atoms in total. The Hall–Kier alpha value is -0.210. The lowest BCUT2D eigenvalue weighted by atomic mass is 9.97. The van der Waals surface area contributed by atoms with Crippen LogP contribution in [0.4, 0.5) is 0 Å². The lowest BCUT2D eigenvalue weighted by molar-refractivity contribution is 0.0183. The molecule has 0 aromatic carbocycles. The van der Waals surface area contributed by atoms with Crippen molar-refractivity contribution in [2.75, 3.05) is 58.7 Å². The Bertz CT molecular complexity index is 396. The van der Waals surface area contributed by atoms with Gasteiger partial charge in [0.15, 0.2) is 0 Å². The van der Waals surface area contributed by atoms with E-state index in [2.05, 4.69) is 17.1 Å². The van der Waals surface area contributed by atoms with Gasteiger partial charge in [-0.05, 0) is 12.3 Å². The molecule has 2 saturated heterocycles. The highest BCUT2D eigenvalue weighted by Crippen LogP contribution is 2.21. The standard InChI is InChI=1S/C13H27N3O3S/c1-12-3-6-16(11-13(12)19-2)20(17,18)10-9-15-7-4-14-5-8-15/h12-14H,3-11H2,1-2H3. The van der Waals surface area contributed by atoms with Gasteiger partial charge in [0.25, 0.3) is 0 Å². The molecule has 0 bridgehead atoms. The fraction of sp³-hybridized carbons (Fsp3) is 1.00. The smallest absolute Gasteiger partial charge is 0.215 e. The topological polar surface area (TPSA) is 61.9 Å². The molecule has 118 valence electrons. The maximum absolute atomic E-state index is 12.4. The second-order valence-corrected chi connectivity index (χ2v) is 7.89. The quantitative estimate of drug-likeness (QED) is 0.747. The maximum Gasteiger partial charge on any atom is 0.215 e. The van der Waals surface area contributed by atoms with Crippen LogP contribution < -0.4 is 5.32 Å². The molecule has 1 N–H and O–H groups in total. The van der Waals surface area contributed by atoms with Gasteiger partial charge in [0.2, 0.25) is 10.0 Å². The molecule has 0 saturated carbocycles. The third-order valence-electron chi connectivity index (χ3n) is 4.42. The number of sulfonamides is 1. The van der Waals surface area contributed by atoms with E-state index in [4.69, 9.17) is 4.74 Å². The Labute approximate surface area is 122 Å². The summed E-state index contributed by atoms with van der Waals surface area (Å²) in [5, 5.41) is 3.28. The van der Waals surface area contributed by atoms with Gasteiger partial charge in [0.05, 0.1) is 11.9 Å². The molecular formula is C13H27N3O3S. The Morgan fingerprint density at radius 1 is 1.25 bits per heavy atom. The minimum atomic E-state index is -3.16. The van der Waals surface area contributed by atoms with E-state index in [-0.39, 0.29) is 11.9 Å². The van der Waals surface area contributed by atoms with Crippen LogP contribution in [0, 0.1) is 5.92 Å². The van der Waals surface area contributed by atoms with Crippen molar-refractivity contribution in [3.05, 3.63) is 0 Å². The largest absolute Gasteiger partial charge is 0.380 e. The Morgan fingerprint density at radius 3 is 2.60 bits per heavy atom. The number of methoxy groups -OCH3 is 1. The van der Waals surface area contributed by atoms with E-state index >= 15 is 0 Å². The average Bonchev–Trinajstić information content (AvgIpc) is 2.46. The first-order valence-corrected chi connectivity index (χ1v) is 9.07. The molecule has 2 fully saturated rings. The van der Waals surface area contributed by atoms with Crippen molar-refractivity contribution in [2.24, 2.45) is 5.92 Å². The summed E-state index contributed by atoms with van der Waals surface area (Å²) in [7, 11) is -1.49. The van der Waals surface area contributed by atoms with Crippen LogP contribution in [-0.4, -0.2) is 82.4 Å². The van der Waals surface area contributed by atoms with Crippen molar-refractivity contribution in [1.82, 2.24) is 14.5 Å². The highest BCUT2D eigenvalue weighted by Gasteiger charge is 2.32. The molecular weight excluding hydrogens is 278 g/mol. The molecule has 0 aliphatic carbocycles. The lowest BCUT2D eigenvalue weighted by Gasteiger charge is -2.36. The van der Waals surface area contributed by atoms with Crippen LogP contribution in [0.2, 0.25) is 0 Å². The Morgan fingerprint density at radius 2 is 1.95 bits per heavy atom. The molecule has 7 heteroatoms. The van der Waals surface area contributed by atoms with Gasteiger partial charge in [-0.1, -0.05) is 6.92 Å². The summed E-state index contributed by atoms with van der Waals surface area (Å²) in [6.07, 6.45) is 0.906. The van der Waals surface area contributed by atoms with Gasteiger partial charge >= 0.3 is 0 Å². The molecule has 0 radical (unpaired) electrons. The predicted molar refractivity (Wildman–Crippen MR) is 79.2 cm³/mol. The van der Waals surface area contributed by atoms with Crippen molar-refractivity contribution in [1.29, 1.82) is 0 Å². The number of hydrogen-bond donors (Lipinski definition) is 1. The first kappa shape index (κ1) is 16.2. The maximum atomic E-state index is 12.4. The Kier molecular flexibility index (Phi) is 5.80. The van der Waals surface area contributed by atoms with E-state index in [1.54, 1.807) is 11.4 Å². The molecule has 2 rings (SSSR count). The summed E-state index contributed by atoms with van der Waals surface area (Å²) < 4.78 is 31.9. The highest BCUT2D eigenvalue weighted by molar-refractivity contribution is 7.89. The number of hydrogen-bond acceptors (Lipinski definition) is 5. The minimum Gasteiger partial charge on any atom is -0.380 e. The van der Waals surface area contributed by atoms with Crippen LogP contribution in [0.25, 0.3) is 0 Å². The SMILES string of the molecule is COC1CN(S(=O)(=O)CCN2CCNCC2)CCC1C. The molecule has 0 spiro atoms. The minimum absolute atomic E-state index is 0.0257. The zero-order valence-electron chi connectivity index (χ0n) is 12.5. The van der Waals surface area contributed by atoms with Crippen LogP contribution in [0.3, 0.4) is 0 Å². The van der Waals surface area contributed by atoms with Crippen molar-refractivity contribution in [3.8, 4) is 0 Å². The zero-order chi connectivity index (χ0) is 14.6. The molecule has 2 heterocycles. The number of piperidine rings is 1. The molecule has 2 unspecified atom stereocenters. The number of nitrogens with zero attached hydrogens (tertiary/aromatic N) is 2. The molecule has 2 aliphatic rings. The van der Waals surface area contributed by atoms with Crippen LogP contribution in [-0.2, 0) is 14.8 Å². The second-order valence-electron chi connectivity index (χ2n) is 5.81. The summed E-state index contributed by atoms with van der Waals surface area (Å²) >= 11 is 0. The lowest BCUT2D eigenvalue weighted by Crippen LogP contribution is -2.49. The summed E-state index contributed by atoms with van der Waals surface area (Å²) in [5.41, 5.74) is 0. The summed E-state index contributed by atoms with van der Waals surface area (Å²) in [5.74, 6) is 0.650. The number of ether oxygens (including phenoxy) is 1. The first-order valence-electron chi connectivity index (χ1n) is 7.46. The van der Waals surface area contributed by atoms with Crippen LogP contribution in [0.1, 0.15) is 13.3 Å². The summed E-state index contributed by atoms with van der Waals surface area (Å²) in [4.78, 5) is 2.22. The first-order chi connectivity index (χ1) is 9.53. The summed E-state index contributed by atoms with van der Waals surface area (Å²) in [6.45, 7) is 7.67. The number of rotatable bonds is 5. The van der Waals surface area contributed by atoms with E-state index < -0.39 is 10.0 Å². The second kappa shape index (κ2) is 7.17. The predicted octanol–water partition coefficient (Wildman–Crippen LogP) is -0.422. The van der Waals surface area contributed by atoms with E-state index in [0.717, 1.165) is 32.6 Å². The third kappa shape index (κ3) is 4.14. The summed E-state index contributed by atoms with van der Waals surface area (Å²) in [6, 6.07) is 0. The van der Waals surface area contributed by atoms with E-state index in [9.17, 15) is 8.42 Å². The van der Waals surface area contributed by atoms with Crippen molar-refractivity contribution >= 4 is 10.0 Å². The molecule has 0 amide bonds. The fourth-order valence-corrected chi connectivity index (χ4v) is 4.38. The van der Waals surface area contributed by atoms with Crippen molar-refractivity contribution < 1.29 is 13.2 Å². The van der Waals surface area contributed by atoms with Crippen LogP contribution in [0.5, 0.6) is 0 Å². The van der Waals surface area contributed by atoms with Gasteiger partial charge in [-0.25, -0.2) is 8.42 Å². The number of piperazine rings is 1. The normalized spacial score (nSPS) is 30.5. The fourth-order valence-electron chi connectivity index (χ4n) is 2.87. The van der Waals surface area contributed by atoms with Gasteiger partial charge in [-0.15, -0.1) is 0 Å². The molecule has 20 heavy (non-hydrogen) atoms. The molecule has 0 aromatic heterocycles. The van der Waals surface area contributed by atoms with E-state index in [1.807, 2.05) is 0 Å². The van der Waals surface area contributed by atoms with Crippen LogP contribution >= 0.6 is 0 Å².